The Hall–Kier alpha value is -2.77. The number of hydrogen-bond donors (Lipinski definition) is 0. The Labute approximate surface area is 179 Å². The highest BCUT2D eigenvalue weighted by Crippen LogP contribution is 2.20. The first-order valence-corrected chi connectivity index (χ1v) is 10.7. The Morgan fingerprint density at radius 3 is 2.63 bits per heavy atom. The molecule has 2 aromatic carbocycles. The highest BCUT2D eigenvalue weighted by Gasteiger charge is 2.13. The standard InChI is InChI=1S/C23H26N2O4S/c1-5-29-22(27)18-8-9-19-20(13-18)30-23(25(19)10-11-28-4)24-21(26)14-17-7-6-15(2)12-16(17)3/h6-9,12-13H,5,10-11,14H2,1-4H3. The van der Waals surface area contributed by atoms with Crippen molar-refractivity contribution in [1.82, 2.24) is 4.57 Å². The lowest BCUT2D eigenvalue weighted by Crippen LogP contribution is -2.20. The molecule has 0 unspecified atom stereocenters. The molecule has 0 saturated carbocycles. The zero-order valence-electron chi connectivity index (χ0n) is 17.7. The van der Waals surface area contributed by atoms with E-state index in [1.54, 1.807) is 26.2 Å². The molecule has 0 saturated heterocycles. The summed E-state index contributed by atoms with van der Waals surface area (Å²) in [6.45, 7) is 7.18. The van der Waals surface area contributed by atoms with Crippen molar-refractivity contribution in [3.63, 3.8) is 0 Å². The van der Waals surface area contributed by atoms with Crippen molar-refractivity contribution in [1.29, 1.82) is 0 Å². The van der Waals surface area contributed by atoms with Crippen LogP contribution in [0, 0.1) is 13.8 Å². The highest BCUT2D eigenvalue weighted by atomic mass is 32.1. The van der Waals surface area contributed by atoms with E-state index in [1.165, 1.54) is 16.9 Å². The monoisotopic (exact) mass is 426 g/mol. The second-order valence-corrected chi connectivity index (χ2v) is 8.05. The number of rotatable bonds is 7. The maximum absolute atomic E-state index is 12.7. The molecule has 3 rings (SSSR count). The third-order valence-corrected chi connectivity index (χ3v) is 5.81. The fourth-order valence-corrected chi connectivity index (χ4v) is 4.36. The number of benzene rings is 2. The van der Waals surface area contributed by atoms with Crippen molar-refractivity contribution in [2.24, 2.45) is 4.99 Å². The lowest BCUT2D eigenvalue weighted by molar-refractivity contribution is -0.117. The number of aromatic nitrogens is 1. The first-order valence-electron chi connectivity index (χ1n) is 9.86. The van der Waals surface area contributed by atoms with Gasteiger partial charge in [0.15, 0.2) is 4.80 Å². The number of ether oxygens (including phenoxy) is 2. The van der Waals surface area contributed by atoms with Gasteiger partial charge in [0, 0.05) is 13.7 Å². The maximum atomic E-state index is 12.7. The molecule has 1 amide bonds. The van der Waals surface area contributed by atoms with Crippen LogP contribution in [0.2, 0.25) is 0 Å². The molecule has 0 aliphatic heterocycles. The summed E-state index contributed by atoms with van der Waals surface area (Å²) >= 11 is 1.38. The minimum atomic E-state index is -0.361. The minimum Gasteiger partial charge on any atom is -0.462 e. The molecular weight excluding hydrogens is 400 g/mol. The van der Waals surface area contributed by atoms with E-state index >= 15 is 0 Å². The van der Waals surface area contributed by atoms with Crippen molar-refractivity contribution < 1.29 is 19.1 Å². The zero-order valence-corrected chi connectivity index (χ0v) is 18.5. The average Bonchev–Trinajstić information content (AvgIpc) is 3.04. The van der Waals surface area contributed by atoms with E-state index in [4.69, 9.17) is 9.47 Å². The van der Waals surface area contributed by atoms with Gasteiger partial charge in [-0.15, -0.1) is 0 Å². The molecule has 1 aromatic heterocycles. The molecule has 0 aliphatic carbocycles. The number of fused-ring (bicyclic) bond motifs is 1. The predicted molar refractivity (Wildman–Crippen MR) is 118 cm³/mol. The number of esters is 1. The van der Waals surface area contributed by atoms with Crippen LogP contribution in [-0.4, -0.2) is 36.8 Å². The molecule has 30 heavy (non-hydrogen) atoms. The summed E-state index contributed by atoms with van der Waals surface area (Å²) < 4.78 is 13.1. The Bertz CT molecular complexity index is 1140. The van der Waals surface area contributed by atoms with E-state index in [1.807, 2.05) is 36.6 Å². The van der Waals surface area contributed by atoms with Crippen LogP contribution < -0.4 is 4.80 Å². The molecule has 7 heteroatoms. The quantitative estimate of drug-likeness (QED) is 0.539. The third kappa shape index (κ3) is 5.04. The maximum Gasteiger partial charge on any atom is 0.338 e. The Morgan fingerprint density at radius 1 is 1.13 bits per heavy atom. The van der Waals surface area contributed by atoms with Gasteiger partial charge in [-0.1, -0.05) is 35.1 Å². The molecule has 0 aliphatic rings. The summed E-state index contributed by atoms with van der Waals surface area (Å²) in [5, 5.41) is 0. The smallest absolute Gasteiger partial charge is 0.338 e. The van der Waals surface area contributed by atoms with Gasteiger partial charge in [-0.25, -0.2) is 4.79 Å². The summed E-state index contributed by atoms with van der Waals surface area (Å²) in [5.74, 6) is -0.564. The fourth-order valence-electron chi connectivity index (χ4n) is 3.25. The first-order chi connectivity index (χ1) is 14.4. The van der Waals surface area contributed by atoms with Gasteiger partial charge in [0.1, 0.15) is 0 Å². The van der Waals surface area contributed by atoms with E-state index in [2.05, 4.69) is 11.1 Å². The number of nitrogens with zero attached hydrogens (tertiary/aromatic N) is 2. The van der Waals surface area contributed by atoms with E-state index in [0.29, 0.717) is 30.1 Å². The molecule has 0 atom stereocenters. The second-order valence-electron chi connectivity index (χ2n) is 7.04. The largest absolute Gasteiger partial charge is 0.462 e. The number of carbonyl (C=O) groups is 2. The van der Waals surface area contributed by atoms with Gasteiger partial charge < -0.3 is 14.0 Å². The Balaban J connectivity index is 1.99. The molecular formula is C23H26N2O4S. The van der Waals surface area contributed by atoms with E-state index in [-0.39, 0.29) is 18.3 Å². The van der Waals surface area contributed by atoms with Crippen LogP contribution in [-0.2, 0) is 27.2 Å². The van der Waals surface area contributed by atoms with Gasteiger partial charge >= 0.3 is 5.97 Å². The second kappa shape index (κ2) is 9.82. The number of amides is 1. The molecule has 0 spiro atoms. The molecule has 0 N–H and O–H groups in total. The van der Waals surface area contributed by atoms with Gasteiger partial charge in [-0.05, 0) is 50.1 Å². The van der Waals surface area contributed by atoms with Gasteiger partial charge in [-0.3, -0.25) is 4.79 Å². The number of methoxy groups -OCH3 is 1. The highest BCUT2D eigenvalue weighted by molar-refractivity contribution is 7.16. The number of hydrogen-bond acceptors (Lipinski definition) is 5. The van der Waals surface area contributed by atoms with Crippen LogP contribution >= 0.6 is 11.3 Å². The third-order valence-electron chi connectivity index (χ3n) is 4.77. The molecule has 0 radical (unpaired) electrons. The van der Waals surface area contributed by atoms with Crippen LogP contribution in [0.15, 0.2) is 41.4 Å². The van der Waals surface area contributed by atoms with Crippen LogP contribution in [0.1, 0.15) is 34.0 Å². The number of carbonyl (C=O) groups excluding carboxylic acids is 2. The number of aryl methyl sites for hydroxylation is 2. The normalized spacial score (nSPS) is 11.8. The Morgan fingerprint density at radius 2 is 1.93 bits per heavy atom. The van der Waals surface area contributed by atoms with Crippen LogP contribution in [0.3, 0.4) is 0 Å². The van der Waals surface area contributed by atoms with Gasteiger partial charge in [-0.2, -0.15) is 4.99 Å². The van der Waals surface area contributed by atoms with Crippen molar-refractivity contribution >= 4 is 33.4 Å². The Kier molecular flexibility index (Phi) is 7.18. The lowest BCUT2D eigenvalue weighted by atomic mass is 10.0. The predicted octanol–water partition coefficient (Wildman–Crippen LogP) is 3.81. The van der Waals surface area contributed by atoms with E-state index < -0.39 is 0 Å². The number of thiazole rings is 1. The summed E-state index contributed by atoms with van der Waals surface area (Å²) in [6.07, 6.45) is 0.249. The SMILES string of the molecule is CCOC(=O)c1ccc2c(c1)sc(=NC(=O)Cc1ccc(C)cc1C)n2CCOC. The van der Waals surface area contributed by atoms with E-state index in [0.717, 1.165) is 21.3 Å². The summed E-state index contributed by atoms with van der Waals surface area (Å²) in [6, 6.07) is 11.4. The van der Waals surface area contributed by atoms with E-state index in [9.17, 15) is 9.59 Å². The summed E-state index contributed by atoms with van der Waals surface area (Å²) in [4.78, 5) is 29.8. The van der Waals surface area contributed by atoms with Crippen LogP contribution in [0.5, 0.6) is 0 Å². The fraction of sp³-hybridized carbons (Fsp3) is 0.348. The average molecular weight is 427 g/mol. The lowest BCUT2D eigenvalue weighted by Gasteiger charge is -2.06. The topological polar surface area (TPSA) is 69.9 Å². The minimum absolute atomic E-state index is 0.203. The first kappa shape index (κ1) is 21.9. The summed E-state index contributed by atoms with van der Waals surface area (Å²) in [7, 11) is 1.64. The molecule has 0 bridgehead atoms. The molecule has 1 heterocycles. The van der Waals surface area contributed by atoms with Gasteiger partial charge in [0.2, 0.25) is 0 Å². The summed E-state index contributed by atoms with van der Waals surface area (Å²) in [5.41, 5.74) is 4.62. The molecule has 3 aromatic rings. The molecule has 6 nitrogen and oxygen atoms in total. The van der Waals surface area contributed by atoms with Crippen molar-refractivity contribution in [3.8, 4) is 0 Å². The molecule has 0 fully saturated rings. The van der Waals surface area contributed by atoms with Crippen molar-refractivity contribution in [2.45, 2.75) is 33.7 Å². The van der Waals surface area contributed by atoms with Crippen LogP contribution in [0.25, 0.3) is 10.2 Å². The molecule has 158 valence electrons. The zero-order chi connectivity index (χ0) is 21.7. The van der Waals surface area contributed by atoms with Crippen LogP contribution in [0.4, 0.5) is 0 Å². The van der Waals surface area contributed by atoms with Gasteiger partial charge in [0.05, 0.1) is 35.4 Å². The van der Waals surface area contributed by atoms with Crippen molar-refractivity contribution in [3.05, 3.63) is 63.5 Å². The van der Waals surface area contributed by atoms with Crippen molar-refractivity contribution in [2.75, 3.05) is 20.3 Å². The van der Waals surface area contributed by atoms with Gasteiger partial charge in [0.25, 0.3) is 5.91 Å².